The van der Waals surface area contributed by atoms with Gasteiger partial charge in [0.2, 0.25) is 0 Å². The van der Waals surface area contributed by atoms with Gasteiger partial charge in [0.15, 0.2) is 0 Å². The summed E-state index contributed by atoms with van der Waals surface area (Å²) in [6.45, 7) is 9.14. The molecule has 2 heteroatoms. The third-order valence-electron chi connectivity index (χ3n) is 3.72. The van der Waals surface area contributed by atoms with Crippen LogP contribution in [0, 0.1) is 5.92 Å². The van der Waals surface area contributed by atoms with Crippen molar-refractivity contribution in [2.75, 3.05) is 7.11 Å². The molecule has 0 radical (unpaired) electrons. The fraction of sp³-hybridized carbons (Fsp3) is 0.647. The Kier molecular flexibility index (Phi) is 6.93. The van der Waals surface area contributed by atoms with Crippen molar-refractivity contribution in [2.45, 2.75) is 59.0 Å². The molecular weight excluding hydrogens is 234 g/mol. The van der Waals surface area contributed by atoms with Gasteiger partial charge in [-0.15, -0.1) is 0 Å². The van der Waals surface area contributed by atoms with Crippen molar-refractivity contribution in [1.29, 1.82) is 0 Å². The van der Waals surface area contributed by atoms with Crippen molar-refractivity contribution in [3.8, 4) is 5.75 Å². The van der Waals surface area contributed by atoms with Gasteiger partial charge in [0.1, 0.15) is 5.75 Å². The third-order valence-corrected chi connectivity index (χ3v) is 3.72. The molecule has 0 fully saturated rings. The average Bonchev–Trinajstić information content (AvgIpc) is 2.39. The second kappa shape index (κ2) is 8.21. The van der Waals surface area contributed by atoms with Gasteiger partial charge in [0.05, 0.1) is 7.11 Å². The smallest absolute Gasteiger partial charge is 0.118 e. The van der Waals surface area contributed by atoms with Gasteiger partial charge in [-0.05, 0) is 50.3 Å². The van der Waals surface area contributed by atoms with E-state index in [4.69, 9.17) is 4.74 Å². The van der Waals surface area contributed by atoms with Crippen LogP contribution in [0.4, 0.5) is 0 Å². The van der Waals surface area contributed by atoms with Gasteiger partial charge < -0.3 is 10.1 Å². The van der Waals surface area contributed by atoms with Crippen LogP contribution >= 0.6 is 0 Å². The van der Waals surface area contributed by atoms with E-state index in [-0.39, 0.29) is 0 Å². The summed E-state index contributed by atoms with van der Waals surface area (Å²) in [6.07, 6.45) is 3.58. The molecule has 1 rings (SSSR count). The van der Waals surface area contributed by atoms with E-state index in [1.807, 2.05) is 12.1 Å². The number of nitrogens with one attached hydrogen (secondary N) is 1. The minimum Gasteiger partial charge on any atom is -0.497 e. The molecule has 19 heavy (non-hydrogen) atoms. The van der Waals surface area contributed by atoms with Gasteiger partial charge in [-0.1, -0.05) is 32.4 Å². The first-order valence-electron chi connectivity index (χ1n) is 7.44. The maximum atomic E-state index is 5.18. The Hall–Kier alpha value is -1.02. The first-order chi connectivity index (χ1) is 9.05. The normalized spacial score (nSPS) is 15.8. The zero-order valence-corrected chi connectivity index (χ0v) is 13.1. The molecule has 0 aromatic heterocycles. The van der Waals surface area contributed by atoms with Crippen LogP contribution < -0.4 is 10.1 Å². The summed E-state index contributed by atoms with van der Waals surface area (Å²) in [5.74, 6) is 1.73. The molecule has 0 saturated heterocycles. The molecule has 0 aliphatic rings. The fourth-order valence-corrected chi connectivity index (χ4v) is 2.50. The van der Waals surface area contributed by atoms with Gasteiger partial charge in [-0.2, -0.15) is 0 Å². The Morgan fingerprint density at radius 2 is 1.68 bits per heavy atom. The van der Waals surface area contributed by atoms with E-state index in [1.54, 1.807) is 7.11 Å². The lowest BCUT2D eigenvalue weighted by atomic mass is 9.99. The van der Waals surface area contributed by atoms with Crippen molar-refractivity contribution in [3.05, 3.63) is 29.8 Å². The van der Waals surface area contributed by atoms with Gasteiger partial charge >= 0.3 is 0 Å². The average molecular weight is 263 g/mol. The van der Waals surface area contributed by atoms with Crippen LogP contribution in [0.3, 0.4) is 0 Å². The van der Waals surface area contributed by atoms with Crippen LogP contribution in [0.5, 0.6) is 5.75 Å². The Morgan fingerprint density at radius 3 is 2.21 bits per heavy atom. The second-order valence-corrected chi connectivity index (χ2v) is 5.77. The van der Waals surface area contributed by atoms with Gasteiger partial charge in [0, 0.05) is 12.1 Å². The Balaban J connectivity index is 2.39. The van der Waals surface area contributed by atoms with Crippen LogP contribution in [0.15, 0.2) is 24.3 Å². The van der Waals surface area contributed by atoms with Gasteiger partial charge in [-0.3, -0.25) is 0 Å². The van der Waals surface area contributed by atoms with Crippen molar-refractivity contribution in [1.82, 2.24) is 5.32 Å². The fourth-order valence-electron chi connectivity index (χ4n) is 2.50. The van der Waals surface area contributed by atoms with E-state index in [2.05, 4.69) is 45.1 Å². The third kappa shape index (κ3) is 6.11. The highest BCUT2D eigenvalue weighted by Gasteiger charge is 2.10. The highest BCUT2D eigenvalue weighted by Crippen LogP contribution is 2.14. The second-order valence-electron chi connectivity index (χ2n) is 5.77. The van der Waals surface area contributed by atoms with Crippen molar-refractivity contribution < 1.29 is 4.74 Å². The number of ether oxygens (including phenoxy) is 1. The number of hydrogen-bond acceptors (Lipinski definition) is 2. The summed E-state index contributed by atoms with van der Waals surface area (Å²) in [4.78, 5) is 0. The highest BCUT2D eigenvalue weighted by atomic mass is 16.5. The molecule has 0 aliphatic carbocycles. The first kappa shape index (κ1) is 16.0. The van der Waals surface area contributed by atoms with E-state index >= 15 is 0 Å². The van der Waals surface area contributed by atoms with E-state index in [0.717, 1.165) is 18.1 Å². The molecule has 1 aromatic rings. The molecule has 0 heterocycles. The molecule has 108 valence electrons. The molecule has 0 bridgehead atoms. The predicted octanol–water partition coefficient (Wildman–Crippen LogP) is 4.04. The first-order valence-corrected chi connectivity index (χ1v) is 7.44. The zero-order chi connectivity index (χ0) is 14.3. The molecule has 1 aromatic carbocycles. The standard InChI is InChI=1S/C17H29NO/c1-6-13(2)11-14(3)18-15(4)12-16-7-9-17(19-5)10-8-16/h7-10,13-15,18H,6,11-12H2,1-5H3. The molecule has 3 unspecified atom stereocenters. The molecule has 0 saturated carbocycles. The van der Waals surface area contributed by atoms with Crippen molar-refractivity contribution >= 4 is 0 Å². The number of methoxy groups -OCH3 is 1. The maximum absolute atomic E-state index is 5.18. The van der Waals surface area contributed by atoms with Gasteiger partial charge in [-0.25, -0.2) is 0 Å². The minimum absolute atomic E-state index is 0.507. The molecule has 0 amide bonds. The lowest BCUT2D eigenvalue weighted by molar-refractivity contribution is 0.380. The molecule has 0 aliphatic heterocycles. The van der Waals surface area contributed by atoms with Crippen molar-refractivity contribution in [3.63, 3.8) is 0 Å². The molecule has 2 nitrogen and oxygen atoms in total. The lowest BCUT2D eigenvalue weighted by Crippen LogP contribution is -2.36. The SMILES string of the molecule is CCC(C)CC(C)NC(C)Cc1ccc(OC)cc1. The summed E-state index contributed by atoms with van der Waals surface area (Å²) in [7, 11) is 1.70. The van der Waals surface area contributed by atoms with Crippen LogP contribution in [0.1, 0.15) is 46.1 Å². The van der Waals surface area contributed by atoms with E-state index < -0.39 is 0 Å². The summed E-state index contributed by atoms with van der Waals surface area (Å²) < 4.78 is 5.18. The Bertz CT molecular complexity index is 347. The van der Waals surface area contributed by atoms with Crippen LogP contribution in [-0.4, -0.2) is 19.2 Å². The van der Waals surface area contributed by atoms with Crippen LogP contribution in [-0.2, 0) is 6.42 Å². The molecule has 0 spiro atoms. The summed E-state index contributed by atoms with van der Waals surface area (Å²) in [5.41, 5.74) is 1.36. The predicted molar refractivity (Wildman–Crippen MR) is 82.8 cm³/mol. The van der Waals surface area contributed by atoms with E-state index in [1.165, 1.54) is 18.4 Å². The lowest BCUT2D eigenvalue weighted by Gasteiger charge is -2.22. The molecular formula is C17H29NO. The van der Waals surface area contributed by atoms with E-state index in [0.29, 0.717) is 12.1 Å². The molecule has 1 N–H and O–H groups in total. The number of hydrogen-bond donors (Lipinski definition) is 1. The quantitative estimate of drug-likeness (QED) is 0.764. The maximum Gasteiger partial charge on any atom is 0.118 e. The van der Waals surface area contributed by atoms with Gasteiger partial charge in [0.25, 0.3) is 0 Å². The summed E-state index contributed by atoms with van der Waals surface area (Å²) in [6, 6.07) is 9.46. The largest absolute Gasteiger partial charge is 0.497 e. The van der Waals surface area contributed by atoms with Crippen LogP contribution in [0.2, 0.25) is 0 Å². The zero-order valence-electron chi connectivity index (χ0n) is 13.1. The number of benzene rings is 1. The minimum atomic E-state index is 0.507. The number of rotatable bonds is 8. The Morgan fingerprint density at radius 1 is 1.05 bits per heavy atom. The summed E-state index contributed by atoms with van der Waals surface area (Å²) in [5, 5.41) is 3.69. The van der Waals surface area contributed by atoms with Crippen molar-refractivity contribution in [2.24, 2.45) is 5.92 Å². The topological polar surface area (TPSA) is 21.3 Å². The molecule has 3 atom stereocenters. The monoisotopic (exact) mass is 263 g/mol. The highest BCUT2D eigenvalue weighted by molar-refractivity contribution is 5.27. The van der Waals surface area contributed by atoms with Crippen LogP contribution in [0.25, 0.3) is 0 Å². The summed E-state index contributed by atoms with van der Waals surface area (Å²) >= 11 is 0. The Labute approximate surface area is 118 Å². The van der Waals surface area contributed by atoms with E-state index in [9.17, 15) is 0 Å².